The van der Waals surface area contributed by atoms with Gasteiger partial charge in [0.2, 0.25) is 0 Å². The van der Waals surface area contributed by atoms with Gasteiger partial charge in [-0.25, -0.2) is 0 Å². The largest absolute Gasteiger partial charge is 3.00 e. The molecular weight excluding hydrogens is 467 g/mol. The van der Waals surface area contributed by atoms with Crippen molar-refractivity contribution in [1.29, 1.82) is 0 Å². The molecule has 3 heterocycles. The summed E-state index contributed by atoms with van der Waals surface area (Å²) >= 11 is 0. The van der Waals surface area contributed by atoms with E-state index >= 15 is 0 Å². The first kappa shape index (κ1) is 21.9. The SMILES string of the molecule is O=C1NC(=O)c2c1c1cccnc1c1[nH]c3ccccc3c21.[C-]#[O+].[CH]1[CH][CH][CH][CH]1.[Ru+3]. The van der Waals surface area contributed by atoms with Crippen molar-refractivity contribution in [2.45, 2.75) is 0 Å². The number of H-pyrrole nitrogens is 1. The van der Waals surface area contributed by atoms with Crippen LogP contribution in [-0.4, -0.2) is 21.8 Å². The number of hydrogen-bond acceptors (Lipinski definition) is 3. The first-order chi connectivity index (χ1) is 14.3. The monoisotopic (exact) mass is 482 g/mol. The zero-order valence-electron chi connectivity index (χ0n) is 15.5. The van der Waals surface area contributed by atoms with Crippen LogP contribution in [0.5, 0.6) is 0 Å². The van der Waals surface area contributed by atoms with Gasteiger partial charge in [-0.1, -0.05) is 24.3 Å². The fraction of sp³-hybridized carbons (Fsp3) is 0. The Kier molecular flexibility index (Phi) is 6.78. The fourth-order valence-corrected chi connectivity index (χ4v) is 3.66. The number of para-hydroxylation sites is 1. The van der Waals surface area contributed by atoms with Crippen LogP contribution in [0.3, 0.4) is 0 Å². The maximum absolute atomic E-state index is 12.3. The number of amides is 2. The van der Waals surface area contributed by atoms with Crippen molar-refractivity contribution in [3.05, 3.63) is 92.5 Å². The molecule has 2 aromatic heterocycles. The molecule has 2 N–H and O–H groups in total. The van der Waals surface area contributed by atoms with Crippen molar-refractivity contribution >= 4 is 44.5 Å². The number of aromatic amines is 1. The van der Waals surface area contributed by atoms with Gasteiger partial charge in [0.1, 0.15) is 0 Å². The van der Waals surface area contributed by atoms with Crippen LogP contribution < -0.4 is 5.32 Å². The van der Waals surface area contributed by atoms with Gasteiger partial charge in [-0.15, -0.1) is 0 Å². The molecule has 6 rings (SSSR count). The van der Waals surface area contributed by atoms with Crippen LogP contribution in [-0.2, 0) is 24.1 Å². The molecule has 144 valence electrons. The Morgan fingerprint density at radius 3 is 2.10 bits per heavy atom. The molecular formula is C23H14N3O3Ru+3. The molecule has 1 fully saturated rings. The topological polar surface area (TPSA) is 94.8 Å². The second-order valence-corrected chi connectivity index (χ2v) is 6.32. The van der Waals surface area contributed by atoms with Gasteiger partial charge in [0.15, 0.2) is 0 Å². The number of pyridine rings is 1. The fourth-order valence-electron chi connectivity index (χ4n) is 3.66. The Morgan fingerprint density at radius 2 is 1.40 bits per heavy atom. The molecule has 30 heavy (non-hydrogen) atoms. The summed E-state index contributed by atoms with van der Waals surface area (Å²) in [7, 11) is 0. The molecule has 2 amide bonds. The number of fused-ring (bicyclic) bond motifs is 8. The molecule has 0 saturated heterocycles. The third-order valence-electron chi connectivity index (χ3n) is 4.76. The Morgan fingerprint density at radius 1 is 0.800 bits per heavy atom. The summed E-state index contributed by atoms with van der Waals surface area (Å²) < 4.78 is 7.50. The summed E-state index contributed by atoms with van der Waals surface area (Å²) in [5.74, 6) is -0.703. The predicted molar refractivity (Wildman–Crippen MR) is 108 cm³/mol. The van der Waals surface area contributed by atoms with E-state index in [4.69, 9.17) is 4.65 Å². The zero-order chi connectivity index (χ0) is 20.4. The Labute approximate surface area is 185 Å². The number of imide groups is 1. The van der Waals surface area contributed by atoms with Crippen LogP contribution in [0.15, 0.2) is 42.6 Å². The van der Waals surface area contributed by atoms with E-state index in [1.54, 1.807) is 12.3 Å². The third-order valence-corrected chi connectivity index (χ3v) is 4.76. The number of nitrogens with one attached hydrogen (secondary N) is 2. The molecule has 2 aromatic carbocycles. The predicted octanol–water partition coefficient (Wildman–Crippen LogP) is 3.73. The van der Waals surface area contributed by atoms with Crippen LogP contribution in [0.25, 0.3) is 32.7 Å². The molecule has 0 spiro atoms. The second-order valence-electron chi connectivity index (χ2n) is 6.32. The van der Waals surface area contributed by atoms with Gasteiger partial charge in [-0.2, -0.15) is 0 Å². The van der Waals surface area contributed by atoms with Crippen LogP contribution in [0.2, 0.25) is 0 Å². The van der Waals surface area contributed by atoms with Gasteiger partial charge in [0.25, 0.3) is 11.8 Å². The number of aromatic nitrogens is 2. The standard InChI is InChI=1S/C17H9N3O2.C5H5.CO.Ru/c21-16-12-9-5-3-7-18-14(9)15-11(13(12)17(22)20-16)8-4-1-2-6-10(8)19-15;1-2-4-5-3-1;1-2;/h1-7,19H,(H,20,21,22);1-5H;;/q;;;+3. The summed E-state index contributed by atoms with van der Waals surface area (Å²) in [6.07, 6.45) is 11.7. The van der Waals surface area contributed by atoms with E-state index in [0.717, 1.165) is 21.8 Å². The summed E-state index contributed by atoms with van der Waals surface area (Å²) in [6.45, 7) is 4.50. The van der Waals surface area contributed by atoms with E-state index in [1.807, 2.05) is 62.4 Å². The third kappa shape index (κ3) is 3.57. The minimum Gasteiger partial charge on any atom is -0.0312 e. The van der Waals surface area contributed by atoms with Gasteiger partial charge in [-0.3, -0.25) is 19.9 Å². The van der Waals surface area contributed by atoms with Crippen LogP contribution in [0, 0.1) is 38.8 Å². The van der Waals surface area contributed by atoms with E-state index in [2.05, 4.69) is 21.9 Å². The van der Waals surface area contributed by atoms with Crippen molar-refractivity contribution in [3.63, 3.8) is 0 Å². The van der Waals surface area contributed by atoms with E-state index in [-0.39, 0.29) is 31.3 Å². The van der Waals surface area contributed by atoms with Crippen molar-refractivity contribution in [2.75, 3.05) is 0 Å². The zero-order valence-corrected chi connectivity index (χ0v) is 17.2. The summed E-state index contributed by atoms with van der Waals surface area (Å²) in [4.78, 5) is 32.3. The molecule has 1 saturated carbocycles. The summed E-state index contributed by atoms with van der Waals surface area (Å²) in [5, 5.41) is 4.78. The average Bonchev–Trinajstić information content (AvgIpc) is 3.50. The first-order valence-electron chi connectivity index (χ1n) is 8.79. The molecule has 4 aromatic rings. The van der Waals surface area contributed by atoms with E-state index in [0.29, 0.717) is 22.0 Å². The summed E-state index contributed by atoms with van der Waals surface area (Å²) in [6, 6.07) is 11.3. The molecule has 0 unspecified atom stereocenters. The van der Waals surface area contributed by atoms with E-state index in [1.165, 1.54) is 0 Å². The molecule has 2 aliphatic rings. The van der Waals surface area contributed by atoms with Gasteiger partial charge in [0.05, 0.1) is 22.2 Å². The maximum atomic E-state index is 12.3. The number of carbonyl (C=O) groups is 2. The minimum absolute atomic E-state index is 0. The molecule has 7 heteroatoms. The smallest absolute Gasteiger partial charge is 0.0312 e. The van der Waals surface area contributed by atoms with E-state index < -0.39 is 0 Å². The molecule has 6 nitrogen and oxygen atoms in total. The maximum Gasteiger partial charge on any atom is 3.00 e. The quantitative estimate of drug-likeness (QED) is 0.173. The first-order valence-corrected chi connectivity index (χ1v) is 8.79. The average molecular weight is 481 g/mol. The number of rotatable bonds is 0. The van der Waals surface area contributed by atoms with Crippen molar-refractivity contribution in [3.8, 4) is 0 Å². The van der Waals surface area contributed by atoms with E-state index in [9.17, 15) is 9.59 Å². The Balaban J connectivity index is 0.000000279. The molecule has 0 bridgehead atoms. The molecule has 0 atom stereocenters. The Hall–Kier alpha value is -2.85. The molecule has 1 aliphatic carbocycles. The number of carbonyl (C=O) groups excluding carboxylic acids is 2. The van der Waals surface area contributed by atoms with Crippen molar-refractivity contribution in [1.82, 2.24) is 15.3 Å². The van der Waals surface area contributed by atoms with Crippen LogP contribution >= 0.6 is 0 Å². The molecule has 6 radical (unpaired) electrons. The van der Waals surface area contributed by atoms with Gasteiger partial charge in [0, 0.05) is 27.9 Å². The van der Waals surface area contributed by atoms with Gasteiger partial charge >= 0.3 is 30.8 Å². The Bertz CT molecular complexity index is 1260. The minimum atomic E-state index is -0.356. The second kappa shape index (κ2) is 9.31. The van der Waals surface area contributed by atoms with Gasteiger partial charge in [-0.05, 0) is 44.2 Å². The normalized spacial score (nSPS) is 14.3. The van der Waals surface area contributed by atoms with Gasteiger partial charge < -0.3 is 4.98 Å². The van der Waals surface area contributed by atoms with Crippen LogP contribution in [0.1, 0.15) is 20.7 Å². The number of hydrogen-bond donors (Lipinski definition) is 2. The number of benzene rings is 2. The summed E-state index contributed by atoms with van der Waals surface area (Å²) in [5.41, 5.74) is 3.28. The van der Waals surface area contributed by atoms with Crippen molar-refractivity contribution < 1.29 is 33.7 Å². The van der Waals surface area contributed by atoms with Crippen molar-refractivity contribution in [2.24, 2.45) is 0 Å². The van der Waals surface area contributed by atoms with Crippen LogP contribution in [0.4, 0.5) is 0 Å². The number of nitrogens with zero attached hydrogens (tertiary/aromatic N) is 1. The molecule has 1 aliphatic heterocycles.